The number of nitrogens with two attached hydrogens (primary N) is 1. The SMILES string of the molecule is C=Cc1cccc(N)c1CCC. The van der Waals surface area contributed by atoms with Gasteiger partial charge in [-0.25, -0.2) is 0 Å². The van der Waals surface area contributed by atoms with Crippen LogP contribution in [0.1, 0.15) is 24.5 Å². The van der Waals surface area contributed by atoms with E-state index in [9.17, 15) is 0 Å². The highest BCUT2D eigenvalue weighted by molar-refractivity contribution is 5.61. The molecule has 1 aromatic rings. The Kier molecular flexibility index (Phi) is 2.92. The summed E-state index contributed by atoms with van der Waals surface area (Å²) in [4.78, 5) is 0. The minimum absolute atomic E-state index is 0.884. The molecule has 0 radical (unpaired) electrons. The first-order chi connectivity index (χ1) is 5.79. The van der Waals surface area contributed by atoms with Crippen molar-refractivity contribution in [2.45, 2.75) is 19.8 Å². The van der Waals surface area contributed by atoms with Crippen molar-refractivity contribution in [2.75, 3.05) is 5.73 Å². The molecule has 0 aliphatic rings. The van der Waals surface area contributed by atoms with E-state index in [1.165, 1.54) is 5.56 Å². The van der Waals surface area contributed by atoms with E-state index in [4.69, 9.17) is 5.73 Å². The molecule has 0 bridgehead atoms. The van der Waals surface area contributed by atoms with Crippen molar-refractivity contribution in [2.24, 2.45) is 0 Å². The molecule has 12 heavy (non-hydrogen) atoms. The maximum Gasteiger partial charge on any atom is 0.0352 e. The fraction of sp³-hybridized carbons (Fsp3) is 0.273. The van der Waals surface area contributed by atoms with Crippen LogP contribution >= 0.6 is 0 Å². The van der Waals surface area contributed by atoms with Crippen molar-refractivity contribution in [1.82, 2.24) is 0 Å². The fourth-order valence-corrected chi connectivity index (χ4v) is 1.35. The van der Waals surface area contributed by atoms with Crippen LogP contribution in [-0.2, 0) is 6.42 Å². The summed E-state index contributed by atoms with van der Waals surface area (Å²) in [6.07, 6.45) is 4.02. The van der Waals surface area contributed by atoms with Crippen LogP contribution in [-0.4, -0.2) is 0 Å². The standard InChI is InChI=1S/C11H15N/c1-3-6-10-9(4-2)7-5-8-11(10)12/h4-5,7-8H,2-3,6,12H2,1H3. The summed E-state index contributed by atoms with van der Waals surface area (Å²) < 4.78 is 0. The zero-order valence-corrected chi connectivity index (χ0v) is 7.51. The van der Waals surface area contributed by atoms with Gasteiger partial charge in [-0.05, 0) is 23.6 Å². The van der Waals surface area contributed by atoms with E-state index < -0.39 is 0 Å². The Morgan fingerprint density at radius 2 is 2.25 bits per heavy atom. The van der Waals surface area contributed by atoms with Crippen LogP contribution < -0.4 is 5.73 Å². The van der Waals surface area contributed by atoms with Crippen LogP contribution in [0.3, 0.4) is 0 Å². The zero-order chi connectivity index (χ0) is 8.97. The quantitative estimate of drug-likeness (QED) is 0.678. The minimum atomic E-state index is 0.884. The van der Waals surface area contributed by atoms with E-state index in [0.717, 1.165) is 24.1 Å². The summed E-state index contributed by atoms with van der Waals surface area (Å²) in [7, 11) is 0. The lowest BCUT2D eigenvalue weighted by Crippen LogP contribution is -1.96. The molecule has 0 amide bonds. The van der Waals surface area contributed by atoms with Gasteiger partial charge in [-0.1, -0.05) is 38.1 Å². The molecule has 0 spiro atoms. The fourth-order valence-electron chi connectivity index (χ4n) is 1.35. The molecule has 0 saturated carbocycles. The number of nitrogen functional groups attached to an aromatic ring is 1. The Morgan fingerprint density at radius 3 is 2.83 bits per heavy atom. The summed E-state index contributed by atoms with van der Waals surface area (Å²) in [5.41, 5.74) is 9.11. The summed E-state index contributed by atoms with van der Waals surface area (Å²) >= 11 is 0. The Balaban J connectivity index is 3.10. The molecule has 1 nitrogen and oxygen atoms in total. The predicted molar refractivity (Wildman–Crippen MR) is 54.9 cm³/mol. The molecule has 64 valence electrons. The van der Waals surface area contributed by atoms with E-state index in [0.29, 0.717) is 0 Å². The van der Waals surface area contributed by atoms with Crippen LogP contribution in [0.15, 0.2) is 24.8 Å². The van der Waals surface area contributed by atoms with Gasteiger partial charge in [0.2, 0.25) is 0 Å². The predicted octanol–water partition coefficient (Wildman–Crippen LogP) is 2.86. The molecule has 0 unspecified atom stereocenters. The molecule has 0 fully saturated rings. The third-order valence-corrected chi connectivity index (χ3v) is 1.97. The first-order valence-corrected chi connectivity index (χ1v) is 4.29. The Morgan fingerprint density at radius 1 is 1.50 bits per heavy atom. The second-order valence-electron chi connectivity index (χ2n) is 2.87. The third kappa shape index (κ3) is 1.67. The molecule has 1 aromatic carbocycles. The molecular weight excluding hydrogens is 146 g/mol. The van der Waals surface area contributed by atoms with Crippen molar-refractivity contribution in [1.29, 1.82) is 0 Å². The molecule has 0 heterocycles. The van der Waals surface area contributed by atoms with Crippen LogP contribution in [0.2, 0.25) is 0 Å². The van der Waals surface area contributed by atoms with Crippen molar-refractivity contribution < 1.29 is 0 Å². The van der Waals surface area contributed by atoms with E-state index in [2.05, 4.69) is 13.5 Å². The van der Waals surface area contributed by atoms with Gasteiger partial charge in [-0.3, -0.25) is 0 Å². The molecule has 0 aliphatic heterocycles. The van der Waals surface area contributed by atoms with Crippen molar-refractivity contribution in [3.63, 3.8) is 0 Å². The highest BCUT2D eigenvalue weighted by atomic mass is 14.6. The maximum atomic E-state index is 5.84. The highest BCUT2D eigenvalue weighted by Crippen LogP contribution is 2.19. The van der Waals surface area contributed by atoms with Gasteiger partial charge in [0.25, 0.3) is 0 Å². The lowest BCUT2D eigenvalue weighted by atomic mass is 10.0. The molecule has 0 aromatic heterocycles. The minimum Gasteiger partial charge on any atom is -0.398 e. The molecule has 0 atom stereocenters. The topological polar surface area (TPSA) is 26.0 Å². The summed E-state index contributed by atoms with van der Waals surface area (Å²) in [5.74, 6) is 0. The molecule has 2 N–H and O–H groups in total. The van der Waals surface area contributed by atoms with Gasteiger partial charge in [-0.2, -0.15) is 0 Å². The zero-order valence-electron chi connectivity index (χ0n) is 7.51. The Hall–Kier alpha value is -1.24. The van der Waals surface area contributed by atoms with Crippen molar-refractivity contribution >= 4 is 11.8 Å². The lowest BCUT2D eigenvalue weighted by Gasteiger charge is -2.07. The molecule has 0 aliphatic carbocycles. The second kappa shape index (κ2) is 3.96. The van der Waals surface area contributed by atoms with E-state index in [1.54, 1.807) is 0 Å². The van der Waals surface area contributed by atoms with Crippen LogP contribution in [0, 0.1) is 0 Å². The lowest BCUT2D eigenvalue weighted by molar-refractivity contribution is 0.922. The monoisotopic (exact) mass is 161 g/mol. The van der Waals surface area contributed by atoms with Crippen molar-refractivity contribution in [3.8, 4) is 0 Å². The van der Waals surface area contributed by atoms with Gasteiger partial charge in [0.1, 0.15) is 0 Å². The van der Waals surface area contributed by atoms with Gasteiger partial charge in [-0.15, -0.1) is 0 Å². The maximum absolute atomic E-state index is 5.84. The third-order valence-electron chi connectivity index (χ3n) is 1.97. The largest absolute Gasteiger partial charge is 0.398 e. The number of hydrogen-bond acceptors (Lipinski definition) is 1. The second-order valence-corrected chi connectivity index (χ2v) is 2.87. The number of rotatable bonds is 3. The summed E-state index contributed by atoms with van der Waals surface area (Å²) in [5, 5.41) is 0. The average molecular weight is 161 g/mol. The molecule has 0 saturated heterocycles. The van der Waals surface area contributed by atoms with E-state index in [-0.39, 0.29) is 0 Å². The van der Waals surface area contributed by atoms with Gasteiger partial charge in [0.15, 0.2) is 0 Å². The Bertz CT molecular complexity index is 276. The number of benzene rings is 1. The van der Waals surface area contributed by atoms with Gasteiger partial charge < -0.3 is 5.73 Å². The Labute approximate surface area is 73.9 Å². The van der Waals surface area contributed by atoms with Crippen LogP contribution in [0.4, 0.5) is 5.69 Å². The van der Waals surface area contributed by atoms with E-state index in [1.807, 2.05) is 24.3 Å². The van der Waals surface area contributed by atoms with Gasteiger partial charge >= 0.3 is 0 Å². The van der Waals surface area contributed by atoms with Crippen LogP contribution in [0.5, 0.6) is 0 Å². The van der Waals surface area contributed by atoms with E-state index >= 15 is 0 Å². The molecular formula is C11H15N. The van der Waals surface area contributed by atoms with Crippen molar-refractivity contribution in [3.05, 3.63) is 35.9 Å². The van der Waals surface area contributed by atoms with Crippen LogP contribution in [0.25, 0.3) is 6.08 Å². The number of hydrogen-bond donors (Lipinski definition) is 1. The van der Waals surface area contributed by atoms with Gasteiger partial charge in [0, 0.05) is 5.69 Å². The first-order valence-electron chi connectivity index (χ1n) is 4.29. The molecule has 1 heteroatoms. The highest BCUT2D eigenvalue weighted by Gasteiger charge is 2.00. The number of anilines is 1. The smallest absolute Gasteiger partial charge is 0.0352 e. The first kappa shape index (κ1) is 8.85. The molecule has 1 rings (SSSR count). The average Bonchev–Trinajstić information content (AvgIpc) is 2.09. The summed E-state index contributed by atoms with van der Waals surface area (Å²) in [6, 6.07) is 5.96. The normalized spacial score (nSPS) is 9.75. The van der Waals surface area contributed by atoms with Gasteiger partial charge in [0.05, 0.1) is 0 Å². The summed E-state index contributed by atoms with van der Waals surface area (Å²) in [6.45, 7) is 5.91.